The molecule has 0 aromatic carbocycles. The third-order valence-electron chi connectivity index (χ3n) is 1.91. The van der Waals surface area contributed by atoms with Crippen LogP contribution in [-0.2, 0) is 4.79 Å². The van der Waals surface area contributed by atoms with E-state index in [2.05, 4.69) is 12.2 Å². The van der Waals surface area contributed by atoms with Crippen molar-refractivity contribution in [3.63, 3.8) is 0 Å². The molecule has 0 fully saturated rings. The SMILES string of the molecule is CCCCCCNCC(C)C=O. The van der Waals surface area contributed by atoms with E-state index in [0.717, 1.165) is 19.4 Å². The Kier molecular flexibility index (Phi) is 8.46. The molecule has 0 rings (SSSR count). The highest BCUT2D eigenvalue weighted by Crippen LogP contribution is 1.97. The van der Waals surface area contributed by atoms with Gasteiger partial charge in [0, 0.05) is 12.5 Å². The number of carbonyl (C=O) groups is 1. The lowest BCUT2D eigenvalue weighted by atomic mass is 10.2. The van der Waals surface area contributed by atoms with Gasteiger partial charge in [0.15, 0.2) is 0 Å². The maximum Gasteiger partial charge on any atom is 0.124 e. The van der Waals surface area contributed by atoms with Gasteiger partial charge in [0.1, 0.15) is 6.29 Å². The molecule has 12 heavy (non-hydrogen) atoms. The maximum atomic E-state index is 10.2. The van der Waals surface area contributed by atoms with Crippen LogP contribution in [0, 0.1) is 5.92 Å². The summed E-state index contributed by atoms with van der Waals surface area (Å²) in [5.41, 5.74) is 0. The molecular formula is C10H21NO. The Bertz CT molecular complexity index is 104. The monoisotopic (exact) mass is 171 g/mol. The second-order valence-electron chi connectivity index (χ2n) is 3.38. The highest BCUT2D eigenvalue weighted by atomic mass is 16.1. The lowest BCUT2D eigenvalue weighted by Crippen LogP contribution is -2.22. The first-order valence-electron chi connectivity index (χ1n) is 4.97. The van der Waals surface area contributed by atoms with E-state index in [4.69, 9.17) is 0 Å². The van der Waals surface area contributed by atoms with Crippen LogP contribution in [0.15, 0.2) is 0 Å². The van der Waals surface area contributed by atoms with Gasteiger partial charge >= 0.3 is 0 Å². The zero-order valence-corrected chi connectivity index (χ0v) is 8.31. The summed E-state index contributed by atoms with van der Waals surface area (Å²) in [5.74, 6) is 0.163. The summed E-state index contributed by atoms with van der Waals surface area (Å²) in [5, 5.41) is 3.26. The number of nitrogens with one attached hydrogen (secondary N) is 1. The van der Waals surface area contributed by atoms with Gasteiger partial charge in [-0.05, 0) is 13.0 Å². The summed E-state index contributed by atoms with van der Waals surface area (Å²) in [6, 6.07) is 0. The van der Waals surface area contributed by atoms with Gasteiger partial charge in [-0.2, -0.15) is 0 Å². The molecule has 0 aromatic heterocycles. The summed E-state index contributed by atoms with van der Waals surface area (Å²) in [6.45, 7) is 6.03. The highest BCUT2D eigenvalue weighted by Gasteiger charge is 1.96. The van der Waals surface area contributed by atoms with E-state index >= 15 is 0 Å². The van der Waals surface area contributed by atoms with Gasteiger partial charge in [0.25, 0.3) is 0 Å². The van der Waals surface area contributed by atoms with Crippen LogP contribution < -0.4 is 5.32 Å². The van der Waals surface area contributed by atoms with Crippen LogP contribution in [0.1, 0.15) is 39.5 Å². The molecule has 0 spiro atoms. The molecule has 2 heteroatoms. The Morgan fingerprint density at radius 1 is 1.33 bits per heavy atom. The molecule has 2 nitrogen and oxygen atoms in total. The van der Waals surface area contributed by atoms with Crippen molar-refractivity contribution in [3.05, 3.63) is 0 Å². The Balaban J connectivity index is 2.95. The number of carbonyl (C=O) groups excluding carboxylic acids is 1. The molecule has 1 atom stereocenters. The van der Waals surface area contributed by atoms with Gasteiger partial charge in [0.05, 0.1) is 0 Å². The van der Waals surface area contributed by atoms with E-state index in [9.17, 15) is 4.79 Å². The van der Waals surface area contributed by atoms with E-state index in [1.807, 2.05) is 6.92 Å². The van der Waals surface area contributed by atoms with Crippen molar-refractivity contribution in [2.75, 3.05) is 13.1 Å². The zero-order chi connectivity index (χ0) is 9.23. The van der Waals surface area contributed by atoms with Crippen molar-refractivity contribution in [2.45, 2.75) is 39.5 Å². The molecule has 0 aliphatic heterocycles. The van der Waals surface area contributed by atoms with Crippen LogP contribution in [0.4, 0.5) is 0 Å². The third kappa shape index (κ3) is 7.73. The van der Waals surface area contributed by atoms with Crippen molar-refractivity contribution >= 4 is 6.29 Å². The standard InChI is InChI=1S/C10H21NO/c1-3-4-5-6-7-11-8-10(2)9-12/h9-11H,3-8H2,1-2H3. The lowest BCUT2D eigenvalue weighted by molar-refractivity contribution is -0.110. The third-order valence-corrected chi connectivity index (χ3v) is 1.91. The zero-order valence-electron chi connectivity index (χ0n) is 8.31. The molecule has 0 aliphatic rings. The predicted molar refractivity (Wildman–Crippen MR) is 52.2 cm³/mol. The molecule has 0 saturated carbocycles. The normalized spacial score (nSPS) is 12.8. The summed E-state index contributed by atoms with van der Waals surface area (Å²) in [4.78, 5) is 10.2. The van der Waals surface area contributed by atoms with Crippen LogP contribution in [0.5, 0.6) is 0 Å². The molecular weight excluding hydrogens is 150 g/mol. The molecule has 0 bridgehead atoms. The van der Waals surface area contributed by atoms with E-state index in [1.54, 1.807) is 0 Å². The average molecular weight is 171 g/mol. The predicted octanol–water partition coefficient (Wildman–Crippen LogP) is 1.99. The first-order chi connectivity index (χ1) is 5.81. The van der Waals surface area contributed by atoms with E-state index in [0.29, 0.717) is 0 Å². The fourth-order valence-electron chi connectivity index (χ4n) is 1.05. The van der Waals surface area contributed by atoms with Gasteiger partial charge in [-0.3, -0.25) is 0 Å². The minimum Gasteiger partial charge on any atom is -0.316 e. The summed E-state index contributed by atoms with van der Waals surface area (Å²) >= 11 is 0. The second-order valence-corrected chi connectivity index (χ2v) is 3.38. The van der Waals surface area contributed by atoms with E-state index in [-0.39, 0.29) is 5.92 Å². The molecule has 0 amide bonds. The average Bonchev–Trinajstić information content (AvgIpc) is 2.10. The molecule has 0 radical (unpaired) electrons. The highest BCUT2D eigenvalue weighted by molar-refractivity contribution is 5.52. The Morgan fingerprint density at radius 3 is 2.67 bits per heavy atom. The number of hydrogen-bond acceptors (Lipinski definition) is 2. The van der Waals surface area contributed by atoms with Gasteiger partial charge in [-0.15, -0.1) is 0 Å². The minimum absolute atomic E-state index is 0.163. The van der Waals surface area contributed by atoms with Crippen LogP contribution in [0.3, 0.4) is 0 Å². The van der Waals surface area contributed by atoms with E-state index in [1.165, 1.54) is 25.7 Å². The molecule has 0 saturated heterocycles. The number of unbranched alkanes of at least 4 members (excludes halogenated alkanes) is 3. The van der Waals surface area contributed by atoms with Crippen LogP contribution in [-0.4, -0.2) is 19.4 Å². The quantitative estimate of drug-likeness (QED) is 0.447. The molecule has 0 aliphatic carbocycles. The van der Waals surface area contributed by atoms with Crippen molar-refractivity contribution in [1.29, 1.82) is 0 Å². The van der Waals surface area contributed by atoms with Crippen molar-refractivity contribution in [3.8, 4) is 0 Å². The van der Waals surface area contributed by atoms with Gasteiger partial charge in [-0.1, -0.05) is 33.1 Å². The Labute approximate surface area is 75.7 Å². The number of hydrogen-bond donors (Lipinski definition) is 1. The topological polar surface area (TPSA) is 29.1 Å². The number of rotatable bonds is 8. The van der Waals surface area contributed by atoms with Crippen molar-refractivity contribution in [1.82, 2.24) is 5.32 Å². The summed E-state index contributed by atoms with van der Waals surface area (Å²) in [6.07, 6.45) is 6.15. The molecule has 72 valence electrons. The second kappa shape index (κ2) is 8.72. The fraction of sp³-hybridized carbons (Fsp3) is 0.900. The van der Waals surface area contributed by atoms with E-state index < -0.39 is 0 Å². The Hall–Kier alpha value is -0.370. The van der Waals surface area contributed by atoms with Gasteiger partial charge < -0.3 is 10.1 Å². The van der Waals surface area contributed by atoms with Crippen molar-refractivity contribution in [2.24, 2.45) is 5.92 Å². The first-order valence-corrected chi connectivity index (χ1v) is 4.97. The molecule has 1 unspecified atom stereocenters. The largest absolute Gasteiger partial charge is 0.316 e. The molecule has 0 heterocycles. The minimum atomic E-state index is 0.163. The van der Waals surface area contributed by atoms with Crippen molar-refractivity contribution < 1.29 is 4.79 Å². The van der Waals surface area contributed by atoms with Crippen LogP contribution >= 0.6 is 0 Å². The summed E-state index contributed by atoms with van der Waals surface area (Å²) in [7, 11) is 0. The lowest BCUT2D eigenvalue weighted by Gasteiger charge is -2.05. The number of aldehydes is 1. The smallest absolute Gasteiger partial charge is 0.124 e. The summed E-state index contributed by atoms with van der Waals surface area (Å²) < 4.78 is 0. The van der Waals surface area contributed by atoms with Gasteiger partial charge in [0.2, 0.25) is 0 Å². The van der Waals surface area contributed by atoms with Gasteiger partial charge in [-0.25, -0.2) is 0 Å². The van der Waals surface area contributed by atoms with Crippen LogP contribution in [0.2, 0.25) is 0 Å². The fourth-order valence-corrected chi connectivity index (χ4v) is 1.05. The molecule has 1 N–H and O–H groups in total. The first kappa shape index (κ1) is 11.6. The Morgan fingerprint density at radius 2 is 2.08 bits per heavy atom. The van der Waals surface area contributed by atoms with Crippen LogP contribution in [0.25, 0.3) is 0 Å². The maximum absolute atomic E-state index is 10.2. The molecule has 0 aromatic rings.